The molecule has 94 valence electrons. The molecule has 19 heavy (non-hydrogen) atoms. The number of anilines is 1. The Labute approximate surface area is 112 Å². The lowest BCUT2D eigenvalue weighted by Gasteiger charge is -2.02. The van der Waals surface area contributed by atoms with Crippen molar-refractivity contribution in [1.82, 2.24) is 0 Å². The van der Waals surface area contributed by atoms with Crippen molar-refractivity contribution in [3.63, 3.8) is 0 Å². The maximum atomic E-state index is 10.9. The molecular formula is C16H14N2O. The molecule has 3 heteroatoms. The van der Waals surface area contributed by atoms with Crippen molar-refractivity contribution in [3.8, 4) is 11.8 Å². The fourth-order valence-electron chi connectivity index (χ4n) is 1.57. The van der Waals surface area contributed by atoms with E-state index in [0.717, 1.165) is 11.3 Å². The van der Waals surface area contributed by atoms with Crippen molar-refractivity contribution >= 4 is 11.6 Å². The van der Waals surface area contributed by atoms with Crippen molar-refractivity contribution in [2.24, 2.45) is 5.73 Å². The summed E-state index contributed by atoms with van der Waals surface area (Å²) in [5, 5.41) is 3.16. The Hall–Kier alpha value is -2.73. The number of nitrogens with one attached hydrogen (secondary N) is 1. The molecule has 0 spiro atoms. The van der Waals surface area contributed by atoms with E-state index in [1.165, 1.54) is 0 Å². The Morgan fingerprint density at radius 3 is 2.37 bits per heavy atom. The topological polar surface area (TPSA) is 55.1 Å². The van der Waals surface area contributed by atoms with Crippen LogP contribution in [0.5, 0.6) is 0 Å². The third-order valence-electron chi connectivity index (χ3n) is 2.56. The van der Waals surface area contributed by atoms with Gasteiger partial charge in [-0.25, -0.2) is 0 Å². The molecule has 0 aliphatic rings. The van der Waals surface area contributed by atoms with E-state index in [2.05, 4.69) is 17.2 Å². The number of amides is 1. The van der Waals surface area contributed by atoms with Crippen LogP contribution in [0.3, 0.4) is 0 Å². The lowest BCUT2D eigenvalue weighted by atomic mass is 10.2. The highest BCUT2D eigenvalue weighted by atomic mass is 16.1. The number of hydrogen-bond acceptors (Lipinski definition) is 2. The molecule has 0 bridgehead atoms. The van der Waals surface area contributed by atoms with Crippen molar-refractivity contribution < 1.29 is 4.79 Å². The van der Waals surface area contributed by atoms with Gasteiger partial charge in [0.05, 0.1) is 6.54 Å². The first-order valence-electron chi connectivity index (χ1n) is 5.93. The van der Waals surface area contributed by atoms with Gasteiger partial charge in [0.1, 0.15) is 0 Å². The molecule has 2 aromatic carbocycles. The highest BCUT2D eigenvalue weighted by molar-refractivity contribution is 5.93. The Balaban J connectivity index is 1.89. The predicted molar refractivity (Wildman–Crippen MR) is 76.8 cm³/mol. The highest BCUT2D eigenvalue weighted by Gasteiger charge is 1.98. The van der Waals surface area contributed by atoms with E-state index < -0.39 is 5.91 Å². The van der Waals surface area contributed by atoms with Gasteiger partial charge in [0.2, 0.25) is 5.91 Å². The summed E-state index contributed by atoms with van der Waals surface area (Å²) < 4.78 is 0. The number of hydrogen-bond donors (Lipinski definition) is 2. The van der Waals surface area contributed by atoms with Crippen LogP contribution in [-0.4, -0.2) is 12.5 Å². The van der Waals surface area contributed by atoms with Gasteiger partial charge in [0.15, 0.2) is 0 Å². The SMILES string of the molecule is NC(=O)c1ccc(NCC#Cc2ccccc2)cc1. The number of nitrogens with two attached hydrogens (primary N) is 1. The maximum absolute atomic E-state index is 10.9. The number of carbonyl (C=O) groups is 1. The van der Waals surface area contributed by atoms with E-state index in [1.54, 1.807) is 12.1 Å². The molecule has 0 aliphatic heterocycles. The maximum Gasteiger partial charge on any atom is 0.248 e. The van der Waals surface area contributed by atoms with E-state index in [-0.39, 0.29) is 0 Å². The second-order valence-corrected chi connectivity index (χ2v) is 3.96. The molecule has 0 aromatic heterocycles. The highest BCUT2D eigenvalue weighted by Crippen LogP contribution is 2.08. The van der Waals surface area contributed by atoms with Crippen LogP contribution in [-0.2, 0) is 0 Å². The van der Waals surface area contributed by atoms with Gasteiger partial charge in [-0.15, -0.1) is 0 Å². The number of rotatable bonds is 3. The molecule has 0 saturated carbocycles. The lowest BCUT2D eigenvalue weighted by molar-refractivity contribution is 0.100. The summed E-state index contributed by atoms with van der Waals surface area (Å²) >= 11 is 0. The molecule has 3 nitrogen and oxygen atoms in total. The first kappa shape index (κ1) is 12.7. The van der Waals surface area contributed by atoms with Crippen molar-refractivity contribution in [2.75, 3.05) is 11.9 Å². The second kappa shape index (κ2) is 6.27. The largest absolute Gasteiger partial charge is 0.374 e. The van der Waals surface area contributed by atoms with Crippen LogP contribution in [0.1, 0.15) is 15.9 Å². The fourth-order valence-corrected chi connectivity index (χ4v) is 1.57. The monoisotopic (exact) mass is 250 g/mol. The van der Waals surface area contributed by atoms with Gasteiger partial charge < -0.3 is 11.1 Å². The Kier molecular flexibility index (Phi) is 4.20. The van der Waals surface area contributed by atoms with Gasteiger partial charge >= 0.3 is 0 Å². The van der Waals surface area contributed by atoms with Gasteiger partial charge in [0, 0.05) is 16.8 Å². The summed E-state index contributed by atoms with van der Waals surface area (Å²) in [4.78, 5) is 10.9. The fraction of sp³-hybridized carbons (Fsp3) is 0.0625. The molecule has 0 aliphatic carbocycles. The van der Waals surface area contributed by atoms with Gasteiger partial charge in [0.25, 0.3) is 0 Å². The van der Waals surface area contributed by atoms with E-state index in [4.69, 9.17) is 5.73 Å². The standard InChI is InChI=1S/C16H14N2O/c17-16(19)14-8-10-15(11-9-14)18-12-4-7-13-5-2-1-3-6-13/h1-3,5-6,8-11,18H,12H2,(H2,17,19). The van der Waals surface area contributed by atoms with E-state index in [9.17, 15) is 4.79 Å². The number of carbonyl (C=O) groups excluding carboxylic acids is 1. The van der Waals surface area contributed by atoms with E-state index in [0.29, 0.717) is 12.1 Å². The number of benzene rings is 2. The molecular weight excluding hydrogens is 236 g/mol. The molecule has 0 atom stereocenters. The summed E-state index contributed by atoms with van der Waals surface area (Å²) in [6.07, 6.45) is 0. The normalized spacial score (nSPS) is 9.26. The first-order chi connectivity index (χ1) is 9.25. The average Bonchev–Trinajstić information content (AvgIpc) is 2.45. The third kappa shape index (κ3) is 3.90. The summed E-state index contributed by atoms with van der Waals surface area (Å²) in [7, 11) is 0. The Bertz CT molecular complexity index is 607. The van der Waals surface area contributed by atoms with Crippen molar-refractivity contribution in [2.45, 2.75) is 0 Å². The van der Waals surface area contributed by atoms with Crippen LogP contribution >= 0.6 is 0 Å². The first-order valence-corrected chi connectivity index (χ1v) is 5.93. The van der Waals surface area contributed by atoms with Crippen LogP contribution in [0.4, 0.5) is 5.69 Å². The van der Waals surface area contributed by atoms with Gasteiger partial charge in [-0.3, -0.25) is 4.79 Å². The molecule has 3 N–H and O–H groups in total. The summed E-state index contributed by atoms with van der Waals surface area (Å²) in [5.74, 6) is 5.67. The van der Waals surface area contributed by atoms with E-state index in [1.807, 2.05) is 42.5 Å². The van der Waals surface area contributed by atoms with Crippen molar-refractivity contribution in [1.29, 1.82) is 0 Å². The van der Waals surface area contributed by atoms with Gasteiger partial charge in [-0.05, 0) is 36.4 Å². The van der Waals surface area contributed by atoms with Crippen LogP contribution in [0.25, 0.3) is 0 Å². The molecule has 2 aromatic rings. The molecule has 0 unspecified atom stereocenters. The average molecular weight is 250 g/mol. The zero-order valence-corrected chi connectivity index (χ0v) is 10.4. The molecule has 1 amide bonds. The zero-order chi connectivity index (χ0) is 13.5. The van der Waals surface area contributed by atoms with Gasteiger partial charge in [-0.2, -0.15) is 0 Å². The zero-order valence-electron chi connectivity index (χ0n) is 10.4. The molecule has 0 radical (unpaired) electrons. The minimum Gasteiger partial charge on any atom is -0.374 e. The summed E-state index contributed by atoms with van der Waals surface area (Å²) in [5.41, 5.74) is 7.57. The van der Waals surface area contributed by atoms with Crippen LogP contribution in [0.2, 0.25) is 0 Å². The van der Waals surface area contributed by atoms with Crippen LogP contribution in [0, 0.1) is 11.8 Å². The van der Waals surface area contributed by atoms with E-state index >= 15 is 0 Å². The quantitative estimate of drug-likeness (QED) is 0.821. The van der Waals surface area contributed by atoms with Gasteiger partial charge in [-0.1, -0.05) is 30.0 Å². The Morgan fingerprint density at radius 2 is 1.74 bits per heavy atom. The van der Waals surface area contributed by atoms with Crippen LogP contribution < -0.4 is 11.1 Å². The summed E-state index contributed by atoms with van der Waals surface area (Å²) in [6, 6.07) is 16.8. The molecule has 0 fully saturated rings. The minimum atomic E-state index is -0.421. The predicted octanol–water partition coefficient (Wildman–Crippen LogP) is 2.25. The second-order valence-electron chi connectivity index (χ2n) is 3.96. The third-order valence-corrected chi connectivity index (χ3v) is 2.56. The Morgan fingerprint density at radius 1 is 1.05 bits per heavy atom. The minimum absolute atomic E-state index is 0.421. The summed E-state index contributed by atoms with van der Waals surface area (Å²) in [6.45, 7) is 0.546. The number of primary amides is 1. The van der Waals surface area contributed by atoms with Crippen molar-refractivity contribution in [3.05, 3.63) is 65.7 Å². The molecule has 0 heterocycles. The smallest absolute Gasteiger partial charge is 0.248 e. The van der Waals surface area contributed by atoms with Crippen LogP contribution in [0.15, 0.2) is 54.6 Å². The molecule has 0 saturated heterocycles. The lowest BCUT2D eigenvalue weighted by Crippen LogP contribution is -2.10. The molecule has 2 rings (SSSR count).